The van der Waals surface area contributed by atoms with Crippen molar-refractivity contribution in [3.63, 3.8) is 0 Å². The summed E-state index contributed by atoms with van der Waals surface area (Å²) >= 11 is 7.14. The van der Waals surface area contributed by atoms with E-state index >= 15 is 0 Å². The van der Waals surface area contributed by atoms with Crippen LogP contribution in [0.15, 0.2) is 36.5 Å². The number of nitrogens with one attached hydrogen (secondary N) is 1. The average Bonchev–Trinajstić information content (AvgIpc) is 2.83. The molecule has 1 amide bonds. The molecule has 7 nitrogen and oxygen atoms in total. The number of aryl methyl sites for hydroxylation is 1. The molecule has 0 aliphatic heterocycles. The average molecular weight is 444 g/mol. The number of imidazole rings is 1. The number of halogens is 2. The first-order chi connectivity index (χ1) is 11.7. The number of hydrogen-bond donors (Lipinski definition) is 3. The molecule has 3 rings (SSSR count). The van der Waals surface area contributed by atoms with Gasteiger partial charge in [-0.25, -0.2) is 0 Å². The SMILES string of the molecule is Cc1nc2c(Cl)cc(Cl)cn2c1C(=O)Nc1ccc([As](=O)(O)O)cc1. The van der Waals surface area contributed by atoms with Crippen LogP contribution in [0.4, 0.5) is 5.69 Å². The van der Waals surface area contributed by atoms with E-state index in [0.717, 1.165) is 0 Å². The van der Waals surface area contributed by atoms with Crippen LogP contribution < -0.4 is 9.67 Å². The molecule has 0 aliphatic carbocycles. The Morgan fingerprint density at radius 2 is 1.88 bits per heavy atom. The molecule has 0 aliphatic rings. The van der Waals surface area contributed by atoms with Crippen LogP contribution >= 0.6 is 23.2 Å². The predicted molar refractivity (Wildman–Crippen MR) is 94.9 cm³/mol. The Hall–Kier alpha value is -1.76. The third kappa shape index (κ3) is 3.61. The monoisotopic (exact) mass is 443 g/mol. The molecule has 0 spiro atoms. The first-order valence-electron chi connectivity index (χ1n) is 6.98. The van der Waals surface area contributed by atoms with E-state index in [4.69, 9.17) is 31.4 Å². The van der Waals surface area contributed by atoms with Gasteiger partial charge < -0.3 is 0 Å². The van der Waals surface area contributed by atoms with Gasteiger partial charge >= 0.3 is 155 Å². The second kappa shape index (κ2) is 6.52. The van der Waals surface area contributed by atoms with Gasteiger partial charge in [-0.15, -0.1) is 0 Å². The number of fused-ring (bicyclic) bond motifs is 1. The fourth-order valence-corrected chi connectivity index (χ4v) is 4.03. The number of anilines is 1. The summed E-state index contributed by atoms with van der Waals surface area (Å²) in [7, 11) is 0. The topological polar surface area (TPSA) is 104 Å². The van der Waals surface area contributed by atoms with Gasteiger partial charge in [-0.2, -0.15) is 0 Å². The molecule has 0 unspecified atom stereocenters. The van der Waals surface area contributed by atoms with Crippen molar-refractivity contribution < 1.29 is 16.7 Å². The van der Waals surface area contributed by atoms with E-state index in [1.54, 1.807) is 6.92 Å². The third-order valence-electron chi connectivity index (χ3n) is 3.49. The van der Waals surface area contributed by atoms with Gasteiger partial charge in [-0.3, -0.25) is 0 Å². The van der Waals surface area contributed by atoms with Gasteiger partial charge in [-0.1, -0.05) is 0 Å². The van der Waals surface area contributed by atoms with Crippen LogP contribution in [0.2, 0.25) is 10.0 Å². The minimum atomic E-state index is -4.95. The molecular weight excluding hydrogens is 432 g/mol. The van der Waals surface area contributed by atoms with E-state index in [2.05, 4.69) is 10.3 Å². The van der Waals surface area contributed by atoms with E-state index in [-0.39, 0.29) is 10.0 Å². The molecule has 0 saturated carbocycles. The molecule has 3 aromatic rings. The number of pyridine rings is 1. The Labute approximate surface area is 155 Å². The maximum atomic E-state index is 12.6. The number of benzene rings is 1. The molecule has 0 atom stereocenters. The Balaban J connectivity index is 1.95. The summed E-state index contributed by atoms with van der Waals surface area (Å²) in [4.78, 5) is 16.9. The number of carbonyl (C=O) groups is 1. The Bertz CT molecular complexity index is 1030. The van der Waals surface area contributed by atoms with Gasteiger partial charge in [-0.05, 0) is 0 Å². The Morgan fingerprint density at radius 1 is 1.24 bits per heavy atom. The fraction of sp³-hybridized carbons (Fsp3) is 0.0667. The molecule has 0 bridgehead atoms. The van der Waals surface area contributed by atoms with Crippen molar-refractivity contribution in [1.82, 2.24) is 9.38 Å². The van der Waals surface area contributed by atoms with Gasteiger partial charge in [0.15, 0.2) is 0 Å². The van der Waals surface area contributed by atoms with Crippen molar-refractivity contribution in [3.05, 3.63) is 58.0 Å². The van der Waals surface area contributed by atoms with Crippen LogP contribution in [0.3, 0.4) is 0 Å². The maximum absolute atomic E-state index is 12.6. The summed E-state index contributed by atoms with van der Waals surface area (Å²) in [6.45, 7) is 1.67. The summed E-state index contributed by atoms with van der Waals surface area (Å²) in [5, 5.41) is 3.34. The minimum absolute atomic E-state index is 0.0688. The van der Waals surface area contributed by atoms with Crippen molar-refractivity contribution in [2.45, 2.75) is 6.92 Å². The first kappa shape index (κ1) is 18.0. The number of rotatable bonds is 3. The number of aromatic nitrogens is 2. The number of nitrogens with zero attached hydrogens (tertiary/aromatic N) is 2. The Morgan fingerprint density at radius 3 is 2.48 bits per heavy atom. The molecule has 0 radical (unpaired) electrons. The van der Waals surface area contributed by atoms with E-state index in [9.17, 15) is 8.53 Å². The van der Waals surface area contributed by atoms with Crippen molar-refractivity contribution >= 4 is 59.0 Å². The molecule has 2 heterocycles. The number of hydrogen-bond acceptors (Lipinski definition) is 3. The van der Waals surface area contributed by atoms with E-state index < -0.39 is 20.1 Å². The van der Waals surface area contributed by atoms with Gasteiger partial charge in [0, 0.05) is 0 Å². The van der Waals surface area contributed by atoms with Crippen LogP contribution in [-0.4, -0.2) is 37.7 Å². The predicted octanol–water partition coefficient (Wildman–Crippen LogP) is 1.76. The van der Waals surface area contributed by atoms with Crippen LogP contribution in [0, 0.1) is 6.92 Å². The molecular formula is C15H12AsCl2N3O4. The normalized spacial score (nSPS) is 11.7. The van der Waals surface area contributed by atoms with Gasteiger partial charge in [0.05, 0.1) is 0 Å². The second-order valence-corrected chi connectivity index (χ2v) is 9.50. The van der Waals surface area contributed by atoms with Crippen LogP contribution in [-0.2, 0) is 3.74 Å². The molecule has 25 heavy (non-hydrogen) atoms. The van der Waals surface area contributed by atoms with Crippen molar-refractivity contribution in [2.24, 2.45) is 0 Å². The molecule has 3 N–H and O–H groups in total. The van der Waals surface area contributed by atoms with Crippen molar-refractivity contribution in [3.8, 4) is 0 Å². The molecule has 0 saturated heterocycles. The van der Waals surface area contributed by atoms with Crippen LogP contribution in [0.5, 0.6) is 0 Å². The Kier molecular flexibility index (Phi) is 4.70. The fourth-order valence-electron chi connectivity index (χ4n) is 2.39. The molecule has 1 aromatic carbocycles. The zero-order valence-electron chi connectivity index (χ0n) is 12.8. The van der Waals surface area contributed by atoms with Crippen molar-refractivity contribution in [1.29, 1.82) is 0 Å². The van der Waals surface area contributed by atoms with Gasteiger partial charge in [0.2, 0.25) is 0 Å². The summed E-state index contributed by atoms with van der Waals surface area (Å²) in [6.07, 6.45) is 1.54. The molecule has 130 valence electrons. The molecule has 0 fully saturated rings. The zero-order chi connectivity index (χ0) is 18.4. The van der Waals surface area contributed by atoms with Crippen LogP contribution in [0.1, 0.15) is 16.2 Å². The number of carbonyl (C=O) groups excluding carboxylic acids is 1. The van der Waals surface area contributed by atoms with E-state index in [1.807, 2.05) is 0 Å². The van der Waals surface area contributed by atoms with Crippen molar-refractivity contribution in [2.75, 3.05) is 5.32 Å². The number of amides is 1. The standard InChI is InChI=1S/C15H12AsCl2N3O4/c1-8-13(21-7-10(17)6-12(18)14(21)19-8)15(22)20-11-4-2-9(3-5-11)16(23,24)25/h2-7H,1H3,(H,20,22)(H2,23,24,25). The summed E-state index contributed by atoms with van der Waals surface area (Å²) < 4.78 is 31.0. The quantitative estimate of drug-likeness (QED) is 0.535. The molecule has 10 heteroatoms. The summed E-state index contributed by atoms with van der Waals surface area (Å²) in [5.74, 6) is -0.447. The van der Waals surface area contributed by atoms with Gasteiger partial charge in [0.1, 0.15) is 0 Å². The van der Waals surface area contributed by atoms with Gasteiger partial charge in [0.25, 0.3) is 0 Å². The summed E-state index contributed by atoms with van der Waals surface area (Å²) in [6, 6.07) is 6.95. The third-order valence-corrected chi connectivity index (χ3v) is 6.01. The second-order valence-electron chi connectivity index (χ2n) is 5.29. The summed E-state index contributed by atoms with van der Waals surface area (Å²) in [5.41, 5.74) is 1.53. The zero-order valence-corrected chi connectivity index (χ0v) is 16.2. The van der Waals surface area contributed by atoms with E-state index in [1.165, 1.54) is 40.9 Å². The first-order valence-corrected chi connectivity index (χ1v) is 11.1. The molecule has 2 aromatic heterocycles. The van der Waals surface area contributed by atoms with Crippen LogP contribution in [0.25, 0.3) is 5.65 Å². The van der Waals surface area contributed by atoms with E-state index in [0.29, 0.717) is 27.1 Å².